The number of hydrogen-bond acceptors (Lipinski definition) is 7. The average Bonchev–Trinajstić information content (AvgIpc) is 3.47. The second-order valence-corrected chi connectivity index (χ2v) is 8.03. The van der Waals surface area contributed by atoms with Crippen molar-refractivity contribution in [2.75, 3.05) is 6.79 Å². The molecule has 0 N–H and O–H groups in total. The molecule has 3 aromatic rings. The number of aromatic nitrogens is 3. The van der Waals surface area contributed by atoms with Crippen molar-refractivity contribution in [2.45, 2.75) is 6.54 Å². The first kappa shape index (κ1) is 19.6. The lowest BCUT2D eigenvalue weighted by molar-refractivity contribution is -0.123. The van der Waals surface area contributed by atoms with E-state index in [2.05, 4.69) is 10.3 Å². The monoisotopic (exact) mass is 458 g/mol. The van der Waals surface area contributed by atoms with E-state index in [4.69, 9.17) is 21.1 Å². The summed E-state index contributed by atoms with van der Waals surface area (Å²) in [7, 11) is 0. The molecule has 5 rings (SSSR count). The van der Waals surface area contributed by atoms with Crippen molar-refractivity contribution < 1.29 is 23.5 Å². The number of imide groups is 1. The molecule has 2 amide bonds. The van der Waals surface area contributed by atoms with E-state index in [0.717, 1.165) is 16.7 Å². The van der Waals surface area contributed by atoms with Gasteiger partial charge in [-0.15, -0.1) is 5.10 Å². The first-order chi connectivity index (χ1) is 15.0. The Morgan fingerprint density at radius 1 is 1.16 bits per heavy atom. The minimum Gasteiger partial charge on any atom is -0.454 e. The van der Waals surface area contributed by atoms with Gasteiger partial charge >= 0.3 is 0 Å². The molecule has 156 valence electrons. The van der Waals surface area contributed by atoms with Gasteiger partial charge in [-0.25, -0.2) is 9.07 Å². The molecular weight excluding hydrogens is 447 g/mol. The van der Waals surface area contributed by atoms with Crippen molar-refractivity contribution >= 4 is 40.6 Å². The Morgan fingerprint density at radius 2 is 2.00 bits per heavy atom. The van der Waals surface area contributed by atoms with Crippen molar-refractivity contribution in [1.82, 2.24) is 19.9 Å². The maximum absolute atomic E-state index is 13.7. The molecule has 0 radical (unpaired) electrons. The Balaban J connectivity index is 1.33. The molecule has 0 aliphatic carbocycles. The van der Waals surface area contributed by atoms with Gasteiger partial charge in [-0.3, -0.25) is 14.5 Å². The van der Waals surface area contributed by atoms with Gasteiger partial charge in [0.1, 0.15) is 11.5 Å². The molecule has 2 aliphatic rings. The summed E-state index contributed by atoms with van der Waals surface area (Å²) in [5, 5.41) is 7.49. The highest BCUT2D eigenvalue weighted by molar-refractivity contribution is 8.18. The van der Waals surface area contributed by atoms with Crippen molar-refractivity contribution in [3.63, 3.8) is 0 Å². The summed E-state index contributed by atoms with van der Waals surface area (Å²) in [4.78, 5) is 26.5. The number of rotatable bonds is 4. The predicted molar refractivity (Wildman–Crippen MR) is 110 cm³/mol. The van der Waals surface area contributed by atoms with Crippen LogP contribution in [-0.2, 0) is 11.3 Å². The van der Waals surface area contributed by atoms with Gasteiger partial charge in [0, 0.05) is 6.07 Å². The molecule has 0 bridgehead atoms. The van der Waals surface area contributed by atoms with Gasteiger partial charge in [-0.1, -0.05) is 22.9 Å². The number of amides is 2. The third-order valence-corrected chi connectivity index (χ3v) is 5.81. The zero-order chi connectivity index (χ0) is 21.5. The van der Waals surface area contributed by atoms with E-state index in [1.54, 1.807) is 30.3 Å². The Labute approximate surface area is 184 Å². The molecule has 0 atom stereocenters. The van der Waals surface area contributed by atoms with Gasteiger partial charge in [-0.05, 0) is 47.7 Å². The van der Waals surface area contributed by atoms with E-state index < -0.39 is 17.0 Å². The molecule has 1 aromatic heterocycles. The molecule has 31 heavy (non-hydrogen) atoms. The summed E-state index contributed by atoms with van der Waals surface area (Å²) in [5.74, 6) is 0.202. The Morgan fingerprint density at radius 3 is 2.84 bits per heavy atom. The van der Waals surface area contributed by atoms with Gasteiger partial charge in [0.25, 0.3) is 11.1 Å². The van der Waals surface area contributed by atoms with E-state index in [1.807, 2.05) is 0 Å². The molecule has 3 heterocycles. The number of halogens is 2. The predicted octanol–water partition coefficient (Wildman–Crippen LogP) is 4.03. The lowest BCUT2D eigenvalue weighted by atomic mass is 10.2. The topological polar surface area (TPSA) is 86.5 Å². The molecule has 0 saturated carbocycles. The van der Waals surface area contributed by atoms with E-state index >= 15 is 0 Å². The summed E-state index contributed by atoms with van der Waals surface area (Å²) in [5.41, 5.74) is 1.50. The smallest absolute Gasteiger partial charge is 0.293 e. The Hall–Kier alpha value is -3.37. The second-order valence-electron chi connectivity index (χ2n) is 6.63. The van der Waals surface area contributed by atoms with Crippen LogP contribution in [0.3, 0.4) is 0 Å². The number of ether oxygens (including phenoxy) is 2. The number of fused-ring (bicyclic) bond motifs is 1. The van der Waals surface area contributed by atoms with E-state index in [9.17, 15) is 14.0 Å². The number of nitrogens with zero attached hydrogens (tertiary/aromatic N) is 4. The van der Waals surface area contributed by atoms with Crippen LogP contribution < -0.4 is 9.47 Å². The van der Waals surface area contributed by atoms with Gasteiger partial charge in [-0.2, -0.15) is 0 Å². The zero-order valence-electron chi connectivity index (χ0n) is 15.6. The largest absolute Gasteiger partial charge is 0.454 e. The van der Waals surface area contributed by atoms with Crippen molar-refractivity contribution in [3.8, 4) is 17.2 Å². The van der Waals surface area contributed by atoms with Crippen LogP contribution in [0.5, 0.6) is 11.5 Å². The molecule has 0 unspecified atom stereocenters. The standard InChI is InChI=1S/C20H12ClFN4O4S/c21-14-3-2-13(7-15(14)22)26-9-12(23-24-26)8-25-19(27)18(31-20(25)28)6-11-1-4-16-17(5-11)30-10-29-16/h1-7,9H,8,10H2/b18-6-. The van der Waals surface area contributed by atoms with Crippen LogP contribution >= 0.6 is 23.4 Å². The van der Waals surface area contributed by atoms with Crippen molar-refractivity contribution in [3.05, 3.63) is 69.6 Å². The second kappa shape index (κ2) is 7.71. The fraction of sp³-hybridized carbons (Fsp3) is 0.100. The first-order valence-electron chi connectivity index (χ1n) is 8.99. The Kier molecular flexibility index (Phi) is 4.87. The van der Waals surface area contributed by atoms with Crippen molar-refractivity contribution in [2.24, 2.45) is 0 Å². The highest BCUT2D eigenvalue weighted by Gasteiger charge is 2.35. The summed E-state index contributed by atoms with van der Waals surface area (Å²) in [6.45, 7) is 0.0951. The normalized spacial score (nSPS) is 16.6. The zero-order valence-corrected chi connectivity index (χ0v) is 17.2. The number of carbonyl (C=O) groups excluding carboxylic acids is 2. The summed E-state index contributed by atoms with van der Waals surface area (Å²) in [6.07, 6.45) is 3.15. The minimum atomic E-state index is -0.587. The van der Waals surface area contributed by atoms with Crippen LogP contribution in [0, 0.1) is 5.82 Å². The van der Waals surface area contributed by atoms with Crippen LogP contribution in [0.15, 0.2) is 47.5 Å². The minimum absolute atomic E-state index is 0.00356. The van der Waals surface area contributed by atoms with Crippen molar-refractivity contribution in [1.29, 1.82) is 0 Å². The summed E-state index contributed by atoms with van der Waals surface area (Å²) < 4.78 is 25.6. The summed E-state index contributed by atoms with van der Waals surface area (Å²) in [6, 6.07) is 9.47. The molecule has 0 spiro atoms. The van der Waals surface area contributed by atoms with Crippen LogP contribution in [-0.4, -0.2) is 37.8 Å². The molecule has 2 aliphatic heterocycles. The molecule has 2 aromatic carbocycles. The van der Waals surface area contributed by atoms with Gasteiger partial charge < -0.3 is 9.47 Å². The lowest BCUT2D eigenvalue weighted by Gasteiger charge is -2.09. The van der Waals surface area contributed by atoms with Crippen LogP contribution in [0.25, 0.3) is 11.8 Å². The molecule has 1 fully saturated rings. The highest BCUT2D eigenvalue weighted by Crippen LogP contribution is 2.36. The molecule has 11 heteroatoms. The number of hydrogen-bond donors (Lipinski definition) is 0. The van der Waals surface area contributed by atoms with Crippen LogP contribution in [0.1, 0.15) is 11.3 Å². The fourth-order valence-corrected chi connectivity index (χ4v) is 4.03. The summed E-state index contributed by atoms with van der Waals surface area (Å²) >= 11 is 6.54. The maximum Gasteiger partial charge on any atom is 0.293 e. The maximum atomic E-state index is 13.7. The van der Waals surface area contributed by atoms with E-state index in [-0.39, 0.29) is 23.3 Å². The number of thioether (sulfide) groups is 1. The highest BCUT2D eigenvalue weighted by atomic mass is 35.5. The number of carbonyl (C=O) groups is 2. The SMILES string of the molecule is O=C1S/C(=C\c2ccc3c(c2)OCO3)C(=O)N1Cc1cn(-c2ccc(Cl)c(F)c2)nn1. The fourth-order valence-electron chi connectivity index (χ4n) is 3.08. The molecular formula is C20H12ClFN4O4S. The molecule has 1 saturated heterocycles. The van der Waals surface area contributed by atoms with Crippen LogP contribution in [0.2, 0.25) is 5.02 Å². The Bertz CT molecular complexity index is 1260. The average molecular weight is 459 g/mol. The van der Waals surface area contributed by atoms with Gasteiger partial charge in [0.2, 0.25) is 6.79 Å². The quantitative estimate of drug-likeness (QED) is 0.545. The third-order valence-electron chi connectivity index (χ3n) is 4.60. The lowest BCUT2D eigenvalue weighted by Crippen LogP contribution is -2.27. The van der Waals surface area contributed by atoms with Gasteiger partial charge in [0.15, 0.2) is 11.5 Å². The number of benzene rings is 2. The van der Waals surface area contributed by atoms with E-state index in [0.29, 0.717) is 28.4 Å². The van der Waals surface area contributed by atoms with Crippen LogP contribution in [0.4, 0.5) is 9.18 Å². The van der Waals surface area contributed by atoms with Gasteiger partial charge in [0.05, 0.1) is 28.4 Å². The first-order valence-corrected chi connectivity index (χ1v) is 10.2. The van der Waals surface area contributed by atoms with E-state index in [1.165, 1.54) is 23.0 Å². The molecule has 8 nitrogen and oxygen atoms in total. The third kappa shape index (κ3) is 3.75.